The number of amides is 1. The van der Waals surface area contributed by atoms with Crippen LogP contribution in [-0.4, -0.2) is 55.5 Å². The standard InChI is InChI=1S/C22H33N3O/c1-5-10-22(26)25(16-9-15-24(6-2)7-3)18-19-12-13-21-20(17-19)11-8-14-23(21)4/h12-13,17H,6-9,11,14-16,18H2,1-4H3. The molecule has 1 aliphatic heterocycles. The fourth-order valence-corrected chi connectivity index (χ4v) is 3.62. The highest BCUT2D eigenvalue weighted by molar-refractivity contribution is 5.93. The number of carbonyl (C=O) groups is 1. The summed E-state index contributed by atoms with van der Waals surface area (Å²) < 4.78 is 0. The average molecular weight is 356 g/mol. The van der Waals surface area contributed by atoms with Gasteiger partial charge in [-0.1, -0.05) is 31.9 Å². The van der Waals surface area contributed by atoms with Gasteiger partial charge in [-0.15, -0.1) is 0 Å². The van der Waals surface area contributed by atoms with Crippen LogP contribution in [0.15, 0.2) is 18.2 Å². The number of anilines is 1. The Morgan fingerprint density at radius 3 is 2.69 bits per heavy atom. The molecule has 26 heavy (non-hydrogen) atoms. The van der Waals surface area contributed by atoms with E-state index in [0.717, 1.165) is 45.6 Å². The van der Waals surface area contributed by atoms with Gasteiger partial charge < -0.3 is 14.7 Å². The van der Waals surface area contributed by atoms with Crippen molar-refractivity contribution >= 4 is 11.6 Å². The molecule has 1 aliphatic rings. The number of benzene rings is 1. The van der Waals surface area contributed by atoms with Gasteiger partial charge in [-0.3, -0.25) is 4.79 Å². The summed E-state index contributed by atoms with van der Waals surface area (Å²) in [5.74, 6) is 5.40. The van der Waals surface area contributed by atoms with Crippen molar-refractivity contribution in [2.24, 2.45) is 0 Å². The third-order valence-corrected chi connectivity index (χ3v) is 5.18. The van der Waals surface area contributed by atoms with Gasteiger partial charge in [0.25, 0.3) is 5.91 Å². The van der Waals surface area contributed by atoms with Gasteiger partial charge in [-0.25, -0.2) is 0 Å². The second-order valence-electron chi connectivity index (χ2n) is 6.97. The van der Waals surface area contributed by atoms with Gasteiger partial charge in [0.1, 0.15) is 0 Å². The van der Waals surface area contributed by atoms with Gasteiger partial charge in [0.05, 0.1) is 0 Å². The molecule has 0 N–H and O–H groups in total. The fraction of sp³-hybridized carbons (Fsp3) is 0.591. The van der Waals surface area contributed by atoms with E-state index in [0.29, 0.717) is 6.54 Å². The highest BCUT2D eigenvalue weighted by Crippen LogP contribution is 2.27. The first kappa shape index (κ1) is 20.3. The number of aryl methyl sites for hydroxylation is 1. The summed E-state index contributed by atoms with van der Waals surface area (Å²) in [5, 5.41) is 0. The lowest BCUT2D eigenvalue weighted by Gasteiger charge is -2.28. The van der Waals surface area contributed by atoms with Crippen LogP contribution in [0.3, 0.4) is 0 Å². The van der Waals surface area contributed by atoms with Crippen LogP contribution in [0, 0.1) is 11.8 Å². The molecule has 0 aromatic heterocycles. The first-order valence-corrected chi connectivity index (χ1v) is 9.86. The van der Waals surface area contributed by atoms with Crippen molar-refractivity contribution in [3.8, 4) is 11.8 Å². The molecule has 4 heteroatoms. The Kier molecular flexibility index (Phi) is 8.00. The van der Waals surface area contributed by atoms with Crippen molar-refractivity contribution in [3.05, 3.63) is 29.3 Å². The molecule has 0 radical (unpaired) electrons. The maximum Gasteiger partial charge on any atom is 0.298 e. The van der Waals surface area contributed by atoms with Crippen LogP contribution in [0.4, 0.5) is 5.69 Å². The second-order valence-corrected chi connectivity index (χ2v) is 6.97. The summed E-state index contributed by atoms with van der Waals surface area (Å²) in [6.07, 6.45) is 3.30. The van der Waals surface area contributed by atoms with Crippen LogP contribution in [0.25, 0.3) is 0 Å². The smallest absolute Gasteiger partial charge is 0.298 e. The van der Waals surface area contributed by atoms with Crippen molar-refractivity contribution in [2.45, 2.75) is 46.6 Å². The molecular formula is C22H33N3O. The van der Waals surface area contributed by atoms with Crippen LogP contribution < -0.4 is 4.90 Å². The Morgan fingerprint density at radius 1 is 1.23 bits per heavy atom. The van der Waals surface area contributed by atoms with Crippen LogP contribution >= 0.6 is 0 Å². The van der Waals surface area contributed by atoms with Crippen LogP contribution in [0.5, 0.6) is 0 Å². The first-order valence-electron chi connectivity index (χ1n) is 9.86. The quantitative estimate of drug-likeness (QED) is 0.670. The zero-order valence-corrected chi connectivity index (χ0v) is 16.8. The minimum absolute atomic E-state index is 0.0677. The molecular weight excluding hydrogens is 322 g/mol. The van der Waals surface area contributed by atoms with Crippen molar-refractivity contribution < 1.29 is 4.79 Å². The van der Waals surface area contributed by atoms with Gasteiger partial charge in [0.15, 0.2) is 0 Å². The number of carbonyl (C=O) groups excluding carboxylic acids is 1. The molecule has 0 unspecified atom stereocenters. The summed E-state index contributed by atoms with van der Waals surface area (Å²) in [6, 6.07) is 6.63. The van der Waals surface area contributed by atoms with Crippen LogP contribution in [-0.2, 0) is 17.8 Å². The normalized spacial score (nSPS) is 13.2. The Bertz CT molecular complexity index is 655. The van der Waals surface area contributed by atoms with E-state index in [-0.39, 0.29) is 5.91 Å². The van der Waals surface area contributed by atoms with Gasteiger partial charge in [-0.05, 0) is 68.9 Å². The summed E-state index contributed by atoms with van der Waals surface area (Å²) >= 11 is 0. The van der Waals surface area contributed by atoms with Gasteiger partial charge in [0.2, 0.25) is 0 Å². The fourth-order valence-electron chi connectivity index (χ4n) is 3.62. The van der Waals surface area contributed by atoms with E-state index < -0.39 is 0 Å². The zero-order valence-electron chi connectivity index (χ0n) is 16.8. The van der Waals surface area contributed by atoms with E-state index in [9.17, 15) is 4.79 Å². The van der Waals surface area contributed by atoms with Crippen molar-refractivity contribution in [1.82, 2.24) is 9.80 Å². The molecule has 4 nitrogen and oxygen atoms in total. The lowest BCUT2D eigenvalue weighted by molar-refractivity contribution is -0.125. The molecule has 0 bridgehead atoms. The molecule has 0 atom stereocenters. The highest BCUT2D eigenvalue weighted by atomic mass is 16.2. The number of hydrogen-bond acceptors (Lipinski definition) is 3. The number of hydrogen-bond donors (Lipinski definition) is 0. The number of fused-ring (bicyclic) bond motifs is 1. The summed E-state index contributed by atoms with van der Waals surface area (Å²) in [5.41, 5.74) is 3.93. The predicted molar refractivity (Wildman–Crippen MR) is 109 cm³/mol. The van der Waals surface area contributed by atoms with Crippen molar-refractivity contribution in [2.75, 3.05) is 44.7 Å². The topological polar surface area (TPSA) is 26.8 Å². The van der Waals surface area contributed by atoms with Gasteiger partial charge in [0, 0.05) is 32.4 Å². The van der Waals surface area contributed by atoms with Gasteiger partial charge >= 0.3 is 0 Å². The third kappa shape index (κ3) is 5.51. The van der Waals surface area contributed by atoms with Crippen molar-refractivity contribution in [1.29, 1.82) is 0 Å². The van der Waals surface area contributed by atoms with E-state index in [4.69, 9.17) is 0 Å². The summed E-state index contributed by atoms with van der Waals surface area (Å²) in [7, 11) is 2.15. The molecule has 0 saturated heterocycles. The molecule has 142 valence electrons. The molecule has 1 amide bonds. The SMILES string of the molecule is CC#CC(=O)N(CCCN(CC)CC)Cc1ccc2c(c1)CCCN2C. The highest BCUT2D eigenvalue weighted by Gasteiger charge is 2.16. The number of rotatable bonds is 8. The maximum atomic E-state index is 12.4. The number of nitrogens with zero attached hydrogens (tertiary/aromatic N) is 3. The van der Waals surface area contributed by atoms with E-state index in [1.807, 2.05) is 4.90 Å². The predicted octanol–water partition coefficient (Wildman–Crippen LogP) is 3.15. The average Bonchev–Trinajstić information content (AvgIpc) is 2.64. The molecule has 1 aromatic rings. The minimum Gasteiger partial charge on any atom is -0.374 e. The molecule has 0 spiro atoms. The van der Waals surface area contributed by atoms with Crippen LogP contribution in [0.1, 0.15) is 44.7 Å². The second kappa shape index (κ2) is 10.2. The Morgan fingerprint density at radius 2 is 2.00 bits per heavy atom. The Labute approximate surface area is 159 Å². The Balaban J connectivity index is 2.06. The van der Waals surface area contributed by atoms with E-state index >= 15 is 0 Å². The largest absolute Gasteiger partial charge is 0.374 e. The zero-order chi connectivity index (χ0) is 18.9. The minimum atomic E-state index is -0.0677. The Hall–Kier alpha value is -1.99. The lowest BCUT2D eigenvalue weighted by Crippen LogP contribution is -2.33. The molecule has 1 heterocycles. The monoisotopic (exact) mass is 355 g/mol. The van der Waals surface area contributed by atoms with Crippen molar-refractivity contribution in [3.63, 3.8) is 0 Å². The summed E-state index contributed by atoms with van der Waals surface area (Å²) in [4.78, 5) is 19.0. The first-order chi connectivity index (χ1) is 12.6. The summed E-state index contributed by atoms with van der Waals surface area (Å²) in [6.45, 7) is 11.7. The molecule has 2 rings (SSSR count). The molecule has 1 aromatic carbocycles. The maximum absolute atomic E-state index is 12.4. The third-order valence-electron chi connectivity index (χ3n) is 5.18. The van der Waals surface area contributed by atoms with E-state index in [1.165, 1.54) is 23.2 Å². The van der Waals surface area contributed by atoms with E-state index in [2.05, 4.69) is 60.7 Å². The van der Waals surface area contributed by atoms with Gasteiger partial charge in [-0.2, -0.15) is 0 Å². The van der Waals surface area contributed by atoms with Crippen LogP contribution in [0.2, 0.25) is 0 Å². The van der Waals surface area contributed by atoms with E-state index in [1.54, 1.807) is 6.92 Å². The molecule has 0 saturated carbocycles. The molecule has 0 fully saturated rings. The molecule has 0 aliphatic carbocycles. The lowest BCUT2D eigenvalue weighted by atomic mass is 9.99.